The van der Waals surface area contributed by atoms with Gasteiger partial charge in [0.15, 0.2) is 11.5 Å². The molecule has 21 heavy (non-hydrogen) atoms. The Kier molecular flexibility index (Phi) is 4.70. The lowest BCUT2D eigenvalue weighted by atomic mass is 10.1. The normalized spacial score (nSPS) is 10.2. The molecule has 110 valence electrons. The van der Waals surface area contributed by atoms with Crippen molar-refractivity contribution in [3.8, 4) is 17.2 Å². The van der Waals surface area contributed by atoms with Crippen molar-refractivity contribution in [2.24, 2.45) is 5.73 Å². The van der Waals surface area contributed by atoms with Crippen LogP contribution in [0.4, 0.5) is 0 Å². The largest absolute Gasteiger partial charge is 0.493 e. The zero-order chi connectivity index (χ0) is 15.4. The number of hydrogen-bond donors (Lipinski definition) is 2. The lowest BCUT2D eigenvalue weighted by Crippen LogP contribution is -2.12. The molecule has 0 unspecified atom stereocenters. The molecule has 0 amide bonds. The van der Waals surface area contributed by atoms with Gasteiger partial charge in [0.1, 0.15) is 11.6 Å². The first-order chi connectivity index (χ1) is 10.0. The number of nitrogens with two attached hydrogens (primary N) is 1. The Labute approximate surface area is 129 Å². The van der Waals surface area contributed by atoms with Crippen molar-refractivity contribution in [3.63, 3.8) is 0 Å². The number of rotatable bonds is 5. The second kappa shape index (κ2) is 6.50. The van der Waals surface area contributed by atoms with E-state index in [-0.39, 0.29) is 5.84 Å². The van der Waals surface area contributed by atoms with Gasteiger partial charge in [-0.25, -0.2) is 0 Å². The summed E-state index contributed by atoms with van der Waals surface area (Å²) in [5.41, 5.74) is 7.17. The molecule has 2 aromatic carbocycles. The smallest absolute Gasteiger partial charge is 0.169 e. The summed E-state index contributed by atoms with van der Waals surface area (Å²) >= 11 is 5.93. The highest BCUT2D eigenvalue weighted by atomic mass is 35.5. The fourth-order valence-corrected chi connectivity index (χ4v) is 2.11. The van der Waals surface area contributed by atoms with Gasteiger partial charge in [-0.1, -0.05) is 24.6 Å². The summed E-state index contributed by atoms with van der Waals surface area (Å²) in [6.45, 7) is 2.07. The number of amidine groups is 1. The molecule has 0 radical (unpaired) electrons. The van der Waals surface area contributed by atoms with Crippen LogP contribution in [0, 0.1) is 5.41 Å². The van der Waals surface area contributed by atoms with E-state index in [0.717, 1.165) is 12.0 Å². The Morgan fingerprint density at radius 2 is 1.86 bits per heavy atom. The summed E-state index contributed by atoms with van der Waals surface area (Å²) in [5, 5.41) is 8.11. The van der Waals surface area contributed by atoms with Crippen molar-refractivity contribution in [1.29, 1.82) is 5.41 Å². The fraction of sp³-hybridized carbons (Fsp3) is 0.188. The summed E-state index contributed by atoms with van der Waals surface area (Å²) in [6, 6.07) is 10.7. The molecule has 0 aromatic heterocycles. The van der Waals surface area contributed by atoms with Gasteiger partial charge in [-0.05, 0) is 42.3 Å². The molecule has 2 aromatic rings. The number of benzene rings is 2. The second-order valence-corrected chi connectivity index (χ2v) is 4.93. The van der Waals surface area contributed by atoms with Crippen LogP contribution in [-0.2, 0) is 6.42 Å². The van der Waals surface area contributed by atoms with E-state index in [9.17, 15) is 0 Å². The monoisotopic (exact) mass is 304 g/mol. The third-order valence-corrected chi connectivity index (χ3v) is 3.32. The molecule has 3 N–H and O–H groups in total. The molecule has 0 heterocycles. The van der Waals surface area contributed by atoms with Crippen LogP contribution in [-0.4, -0.2) is 12.9 Å². The van der Waals surface area contributed by atoms with Crippen molar-refractivity contribution in [2.75, 3.05) is 7.11 Å². The first-order valence-electron chi connectivity index (χ1n) is 6.54. The van der Waals surface area contributed by atoms with Crippen molar-refractivity contribution >= 4 is 17.4 Å². The van der Waals surface area contributed by atoms with E-state index in [1.54, 1.807) is 25.3 Å². The Morgan fingerprint density at radius 3 is 2.48 bits per heavy atom. The molecule has 0 spiro atoms. The SMILES string of the molecule is CCc1ccc(Oc2ccc(Cl)cc2C(=N)N)c(OC)c1. The van der Waals surface area contributed by atoms with E-state index in [0.29, 0.717) is 27.8 Å². The number of nitrogens with one attached hydrogen (secondary N) is 1. The predicted octanol–water partition coefficient (Wildman–Crippen LogP) is 3.99. The number of aryl methyl sites for hydroxylation is 1. The predicted molar refractivity (Wildman–Crippen MR) is 84.9 cm³/mol. The number of halogens is 1. The molecule has 0 aliphatic rings. The summed E-state index contributed by atoms with van der Waals surface area (Å²) < 4.78 is 11.2. The maximum atomic E-state index is 7.61. The van der Waals surface area contributed by atoms with Crippen LogP contribution < -0.4 is 15.2 Å². The molecule has 0 saturated carbocycles. The van der Waals surface area contributed by atoms with Gasteiger partial charge in [0.2, 0.25) is 0 Å². The van der Waals surface area contributed by atoms with Crippen LogP contribution in [0.5, 0.6) is 17.2 Å². The van der Waals surface area contributed by atoms with E-state index >= 15 is 0 Å². The second-order valence-electron chi connectivity index (χ2n) is 4.49. The van der Waals surface area contributed by atoms with Gasteiger partial charge >= 0.3 is 0 Å². The average Bonchev–Trinajstić information content (AvgIpc) is 2.49. The van der Waals surface area contributed by atoms with Crippen molar-refractivity contribution in [1.82, 2.24) is 0 Å². The summed E-state index contributed by atoms with van der Waals surface area (Å²) in [6.07, 6.45) is 0.913. The van der Waals surface area contributed by atoms with Crippen LogP contribution >= 0.6 is 11.6 Å². The summed E-state index contributed by atoms with van der Waals surface area (Å²) in [4.78, 5) is 0. The first-order valence-corrected chi connectivity index (χ1v) is 6.91. The molecule has 0 aliphatic heterocycles. The quantitative estimate of drug-likeness (QED) is 0.648. The van der Waals surface area contributed by atoms with Gasteiger partial charge in [-0.2, -0.15) is 0 Å². The number of ether oxygens (including phenoxy) is 2. The van der Waals surface area contributed by atoms with Gasteiger partial charge < -0.3 is 15.2 Å². The van der Waals surface area contributed by atoms with Crippen LogP contribution in [0.3, 0.4) is 0 Å². The minimum Gasteiger partial charge on any atom is -0.493 e. The van der Waals surface area contributed by atoms with Gasteiger partial charge in [-0.3, -0.25) is 5.41 Å². The Hall–Kier alpha value is -2.20. The molecule has 0 aliphatic carbocycles. The molecule has 5 heteroatoms. The Balaban J connectivity index is 2.40. The van der Waals surface area contributed by atoms with Crippen molar-refractivity contribution in [3.05, 3.63) is 52.5 Å². The highest BCUT2D eigenvalue weighted by molar-refractivity contribution is 6.31. The van der Waals surface area contributed by atoms with Crippen LogP contribution in [0.2, 0.25) is 5.02 Å². The fourth-order valence-electron chi connectivity index (χ4n) is 1.94. The minimum absolute atomic E-state index is 0.100. The lowest BCUT2D eigenvalue weighted by molar-refractivity contribution is 0.378. The van der Waals surface area contributed by atoms with Crippen LogP contribution in [0.1, 0.15) is 18.1 Å². The highest BCUT2D eigenvalue weighted by Gasteiger charge is 2.12. The van der Waals surface area contributed by atoms with E-state index in [1.165, 1.54) is 0 Å². The number of nitrogen functional groups attached to an aromatic ring is 1. The molecular formula is C16H17ClN2O2. The molecule has 2 rings (SSSR count). The lowest BCUT2D eigenvalue weighted by Gasteiger charge is -2.14. The van der Waals surface area contributed by atoms with E-state index < -0.39 is 0 Å². The van der Waals surface area contributed by atoms with E-state index in [2.05, 4.69) is 6.92 Å². The summed E-state index contributed by atoms with van der Waals surface area (Å²) in [5.74, 6) is 1.57. The zero-order valence-corrected chi connectivity index (χ0v) is 12.7. The standard InChI is InChI=1S/C16H17ClN2O2/c1-3-10-4-6-14(15(8-10)20-2)21-13-7-5-11(17)9-12(13)16(18)19/h4-9H,3H2,1-2H3,(H3,18,19). The maximum Gasteiger partial charge on any atom is 0.169 e. The molecule has 0 fully saturated rings. The molecule has 0 saturated heterocycles. The third-order valence-electron chi connectivity index (χ3n) is 3.09. The molecular weight excluding hydrogens is 288 g/mol. The van der Waals surface area contributed by atoms with Gasteiger partial charge in [-0.15, -0.1) is 0 Å². The third kappa shape index (κ3) is 3.47. The van der Waals surface area contributed by atoms with E-state index in [1.807, 2.05) is 18.2 Å². The Morgan fingerprint density at radius 1 is 1.14 bits per heavy atom. The molecule has 0 atom stereocenters. The maximum absolute atomic E-state index is 7.61. The van der Waals surface area contributed by atoms with Gasteiger partial charge in [0, 0.05) is 5.02 Å². The highest BCUT2D eigenvalue weighted by Crippen LogP contribution is 2.34. The number of methoxy groups -OCH3 is 1. The van der Waals surface area contributed by atoms with Crippen molar-refractivity contribution in [2.45, 2.75) is 13.3 Å². The van der Waals surface area contributed by atoms with Crippen LogP contribution in [0.15, 0.2) is 36.4 Å². The van der Waals surface area contributed by atoms with Crippen molar-refractivity contribution < 1.29 is 9.47 Å². The molecule has 0 bridgehead atoms. The number of hydrogen-bond acceptors (Lipinski definition) is 3. The summed E-state index contributed by atoms with van der Waals surface area (Å²) in [7, 11) is 1.59. The van der Waals surface area contributed by atoms with Crippen LogP contribution in [0.25, 0.3) is 0 Å². The van der Waals surface area contributed by atoms with Gasteiger partial charge in [0.05, 0.1) is 12.7 Å². The zero-order valence-electron chi connectivity index (χ0n) is 11.9. The average molecular weight is 305 g/mol. The minimum atomic E-state index is -0.100. The van der Waals surface area contributed by atoms with E-state index in [4.69, 9.17) is 32.2 Å². The molecule has 4 nitrogen and oxygen atoms in total. The topological polar surface area (TPSA) is 68.3 Å². The Bertz CT molecular complexity index is 671. The van der Waals surface area contributed by atoms with Gasteiger partial charge in [0.25, 0.3) is 0 Å². The first kappa shape index (κ1) is 15.2.